The first-order chi connectivity index (χ1) is 11.5. The maximum atomic E-state index is 12.3. The number of carboxylic acid groups (broad SMARTS) is 1. The number of benzene rings is 1. The lowest BCUT2D eigenvalue weighted by Crippen LogP contribution is -2.47. The summed E-state index contributed by atoms with van der Waals surface area (Å²) in [6.07, 6.45) is 4.23. The van der Waals surface area contributed by atoms with Crippen molar-refractivity contribution in [2.75, 3.05) is 13.2 Å². The number of rotatable bonds is 7. The fourth-order valence-corrected chi connectivity index (χ4v) is 3.05. The van der Waals surface area contributed by atoms with E-state index in [4.69, 9.17) is 4.74 Å². The lowest BCUT2D eigenvalue weighted by molar-refractivity contribution is -0.152. The van der Waals surface area contributed by atoms with E-state index in [2.05, 4.69) is 6.07 Å². The molecule has 1 amide bonds. The molecule has 2 rings (SSSR count). The smallest absolute Gasteiger partial charge is 0.326 e. The van der Waals surface area contributed by atoms with E-state index in [1.165, 1.54) is 4.90 Å². The van der Waals surface area contributed by atoms with Crippen LogP contribution in [0.1, 0.15) is 49.7 Å². The summed E-state index contributed by atoms with van der Waals surface area (Å²) in [6.45, 7) is 5.18. The van der Waals surface area contributed by atoms with Crippen LogP contribution in [0.5, 0.6) is 5.75 Å². The molecule has 1 heterocycles. The second-order valence-corrected chi connectivity index (χ2v) is 6.51. The first-order valence-corrected chi connectivity index (χ1v) is 8.71. The normalized spacial score (nSPS) is 17.6. The van der Waals surface area contributed by atoms with Crippen LogP contribution in [0.3, 0.4) is 0 Å². The standard InChI is InChI=1S/C19H27NO4/c1-14-9-10-15(2)17(13-14)24-12-6-4-8-18(21)20-11-5-3-7-16(20)19(22)23/h9-10,13,16H,3-8,11-12H2,1-2H3,(H,22,23)/t16-/m1/s1. The molecule has 5 nitrogen and oxygen atoms in total. The van der Waals surface area contributed by atoms with E-state index in [1.54, 1.807) is 0 Å². The Morgan fingerprint density at radius 2 is 2.04 bits per heavy atom. The van der Waals surface area contributed by atoms with Gasteiger partial charge in [-0.1, -0.05) is 12.1 Å². The topological polar surface area (TPSA) is 66.8 Å². The van der Waals surface area contributed by atoms with Crippen molar-refractivity contribution in [3.05, 3.63) is 29.3 Å². The number of nitrogens with zero attached hydrogens (tertiary/aromatic N) is 1. The summed E-state index contributed by atoms with van der Waals surface area (Å²) in [5.74, 6) is -0.0431. The Bertz CT molecular complexity index is 585. The molecule has 1 saturated heterocycles. The number of ether oxygens (including phenoxy) is 1. The van der Waals surface area contributed by atoms with Gasteiger partial charge in [0.1, 0.15) is 11.8 Å². The summed E-state index contributed by atoms with van der Waals surface area (Å²) in [7, 11) is 0. The van der Waals surface area contributed by atoms with E-state index in [9.17, 15) is 14.7 Å². The summed E-state index contributed by atoms with van der Waals surface area (Å²) in [5.41, 5.74) is 2.27. The number of hydrogen-bond acceptors (Lipinski definition) is 3. The van der Waals surface area contributed by atoms with Crippen molar-refractivity contribution in [3.8, 4) is 5.75 Å². The minimum atomic E-state index is -0.888. The summed E-state index contributed by atoms with van der Waals surface area (Å²) in [5, 5.41) is 9.23. The van der Waals surface area contributed by atoms with Crippen LogP contribution in [0.25, 0.3) is 0 Å². The van der Waals surface area contributed by atoms with Crippen molar-refractivity contribution in [1.82, 2.24) is 4.90 Å². The third kappa shape index (κ3) is 4.98. The van der Waals surface area contributed by atoms with Crippen LogP contribution in [0.15, 0.2) is 18.2 Å². The van der Waals surface area contributed by atoms with Crippen LogP contribution in [-0.2, 0) is 9.59 Å². The molecule has 1 aromatic rings. The molecule has 1 aliphatic rings. The van der Waals surface area contributed by atoms with Gasteiger partial charge < -0.3 is 14.7 Å². The molecule has 1 fully saturated rings. The van der Waals surface area contributed by atoms with Crippen LogP contribution in [0.2, 0.25) is 0 Å². The number of carbonyl (C=O) groups is 2. The molecule has 1 atom stereocenters. The third-order valence-electron chi connectivity index (χ3n) is 4.49. The number of piperidine rings is 1. The Morgan fingerprint density at radius 1 is 1.25 bits per heavy atom. The molecular weight excluding hydrogens is 306 g/mol. The molecule has 0 saturated carbocycles. The van der Waals surface area contributed by atoms with Crippen LogP contribution in [0, 0.1) is 13.8 Å². The van der Waals surface area contributed by atoms with E-state index < -0.39 is 12.0 Å². The van der Waals surface area contributed by atoms with Crippen molar-refractivity contribution in [2.24, 2.45) is 0 Å². The molecule has 0 spiro atoms. The molecule has 0 radical (unpaired) electrons. The van der Waals surface area contributed by atoms with Crippen molar-refractivity contribution >= 4 is 11.9 Å². The number of aryl methyl sites for hydroxylation is 2. The highest BCUT2D eigenvalue weighted by Crippen LogP contribution is 2.20. The number of likely N-dealkylation sites (tertiary alicyclic amines) is 1. The second kappa shape index (κ2) is 8.71. The predicted molar refractivity (Wildman–Crippen MR) is 92.2 cm³/mol. The molecule has 0 aromatic heterocycles. The minimum absolute atomic E-state index is 0.0474. The van der Waals surface area contributed by atoms with Crippen LogP contribution in [0.4, 0.5) is 0 Å². The molecule has 24 heavy (non-hydrogen) atoms. The number of carboxylic acids is 1. The van der Waals surface area contributed by atoms with Crippen molar-refractivity contribution in [1.29, 1.82) is 0 Å². The zero-order valence-corrected chi connectivity index (χ0v) is 14.6. The van der Waals surface area contributed by atoms with E-state index in [0.717, 1.165) is 36.1 Å². The number of carbonyl (C=O) groups excluding carboxylic acids is 1. The molecule has 0 aliphatic carbocycles. The fourth-order valence-electron chi connectivity index (χ4n) is 3.05. The van der Waals surface area contributed by atoms with Crippen molar-refractivity contribution in [3.63, 3.8) is 0 Å². The summed E-state index contributed by atoms with van der Waals surface area (Å²) in [6, 6.07) is 5.47. The lowest BCUT2D eigenvalue weighted by atomic mass is 10.0. The fraction of sp³-hybridized carbons (Fsp3) is 0.579. The first kappa shape index (κ1) is 18.3. The molecule has 1 aliphatic heterocycles. The number of aliphatic carboxylic acids is 1. The predicted octanol–water partition coefficient (Wildman–Crippen LogP) is 3.32. The maximum Gasteiger partial charge on any atom is 0.326 e. The Balaban J connectivity index is 1.72. The Kier molecular flexibility index (Phi) is 6.64. The highest BCUT2D eigenvalue weighted by atomic mass is 16.5. The minimum Gasteiger partial charge on any atom is -0.493 e. The summed E-state index contributed by atoms with van der Waals surface area (Å²) < 4.78 is 5.79. The molecular formula is C19H27NO4. The average molecular weight is 333 g/mol. The number of unbranched alkanes of at least 4 members (excludes halogenated alkanes) is 1. The SMILES string of the molecule is Cc1ccc(C)c(OCCCCC(=O)N2CCCC[C@@H]2C(=O)O)c1. The monoisotopic (exact) mass is 333 g/mol. The van der Waals surface area contributed by atoms with Gasteiger partial charge in [-0.15, -0.1) is 0 Å². The number of amides is 1. The average Bonchev–Trinajstić information content (AvgIpc) is 2.57. The van der Waals surface area contributed by atoms with Gasteiger partial charge in [0.15, 0.2) is 0 Å². The highest BCUT2D eigenvalue weighted by Gasteiger charge is 2.31. The summed E-state index contributed by atoms with van der Waals surface area (Å²) >= 11 is 0. The van der Waals surface area contributed by atoms with Gasteiger partial charge in [0, 0.05) is 13.0 Å². The number of hydrogen-bond donors (Lipinski definition) is 1. The zero-order chi connectivity index (χ0) is 17.5. The molecule has 132 valence electrons. The summed E-state index contributed by atoms with van der Waals surface area (Å²) in [4.78, 5) is 25.1. The quantitative estimate of drug-likeness (QED) is 0.777. The molecule has 0 unspecified atom stereocenters. The van der Waals surface area contributed by atoms with Gasteiger partial charge >= 0.3 is 5.97 Å². The van der Waals surface area contributed by atoms with Gasteiger partial charge in [0.25, 0.3) is 0 Å². The first-order valence-electron chi connectivity index (χ1n) is 8.71. The van der Waals surface area contributed by atoms with Crippen LogP contribution in [-0.4, -0.2) is 41.1 Å². The van der Waals surface area contributed by atoms with Gasteiger partial charge in [-0.2, -0.15) is 0 Å². The van der Waals surface area contributed by atoms with Crippen LogP contribution >= 0.6 is 0 Å². The Morgan fingerprint density at radius 3 is 2.79 bits per heavy atom. The second-order valence-electron chi connectivity index (χ2n) is 6.51. The van der Waals surface area contributed by atoms with Gasteiger partial charge in [-0.25, -0.2) is 4.79 Å². The molecule has 5 heteroatoms. The molecule has 0 bridgehead atoms. The van der Waals surface area contributed by atoms with Crippen LogP contribution < -0.4 is 4.74 Å². The maximum absolute atomic E-state index is 12.3. The van der Waals surface area contributed by atoms with Gasteiger partial charge in [-0.3, -0.25) is 4.79 Å². The molecule has 1 N–H and O–H groups in total. The van der Waals surface area contributed by atoms with E-state index in [0.29, 0.717) is 32.4 Å². The Labute approximate surface area is 143 Å². The molecule has 1 aromatic carbocycles. The third-order valence-corrected chi connectivity index (χ3v) is 4.49. The van der Waals surface area contributed by atoms with Gasteiger partial charge in [0.05, 0.1) is 6.61 Å². The van der Waals surface area contributed by atoms with E-state index in [1.807, 2.05) is 26.0 Å². The lowest BCUT2D eigenvalue weighted by Gasteiger charge is -2.33. The van der Waals surface area contributed by atoms with Crippen molar-refractivity contribution in [2.45, 2.75) is 58.4 Å². The van der Waals surface area contributed by atoms with Crippen molar-refractivity contribution < 1.29 is 19.4 Å². The van der Waals surface area contributed by atoms with Gasteiger partial charge in [-0.05, 0) is 63.1 Å². The Hall–Kier alpha value is -2.04. The van der Waals surface area contributed by atoms with E-state index in [-0.39, 0.29) is 5.91 Å². The van der Waals surface area contributed by atoms with E-state index >= 15 is 0 Å². The zero-order valence-electron chi connectivity index (χ0n) is 14.6. The largest absolute Gasteiger partial charge is 0.493 e. The van der Waals surface area contributed by atoms with Gasteiger partial charge in [0.2, 0.25) is 5.91 Å². The highest BCUT2D eigenvalue weighted by molar-refractivity contribution is 5.83.